The zero-order chi connectivity index (χ0) is 22.6. The van der Waals surface area contributed by atoms with E-state index in [0.29, 0.717) is 13.0 Å². The first kappa shape index (κ1) is 24.3. The Morgan fingerprint density at radius 3 is 2.53 bits per heavy atom. The number of allylic oxidation sites excluding steroid dienone is 1. The predicted octanol–water partition coefficient (Wildman–Crippen LogP) is 5.50. The third-order valence-electron chi connectivity index (χ3n) is 5.61. The Morgan fingerprint density at radius 2 is 1.81 bits per heavy atom. The minimum absolute atomic E-state index is 0.0777. The van der Waals surface area contributed by atoms with Gasteiger partial charge in [-0.1, -0.05) is 42.0 Å². The maximum atomic E-state index is 5.93. The van der Waals surface area contributed by atoms with E-state index in [2.05, 4.69) is 49.4 Å². The molecule has 1 aliphatic heterocycles. The lowest BCUT2D eigenvalue weighted by Gasteiger charge is -2.22. The molecule has 0 bridgehead atoms. The van der Waals surface area contributed by atoms with E-state index in [-0.39, 0.29) is 13.1 Å². The van der Waals surface area contributed by atoms with E-state index in [4.69, 9.17) is 23.7 Å². The predicted molar refractivity (Wildman–Crippen MR) is 126 cm³/mol. The van der Waals surface area contributed by atoms with Crippen molar-refractivity contribution < 1.29 is 23.7 Å². The second-order valence-electron chi connectivity index (χ2n) is 8.17. The van der Waals surface area contributed by atoms with Crippen molar-refractivity contribution in [3.8, 4) is 11.5 Å². The lowest BCUT2D eigenvalue weighted by molar-refractivity contribution is -0.156. The quantitative estimate of drug-likeness (QED) is 0.322. The molecule has 0 amide bonds. The summed E-state index contributed by atoms with van der Waals surface area (Å²) in [5, 5.41) is 0. The Kier molecular flexibility index (Phi) is 10.1. The zero-order valence-corrected chi connectivity index (χ0v) is 19.6. The first-order valence-corrected chi connectivity index (χ1v) is 11.4. The molecular formula is C27H36O5. The van der Waals surface area contributed by atoms with Crippen LogP contribution in [0.3, 0.4) is 0 Å². The van der Waals surface area contributed by atoms with Crippen LogP contribution in [-0.4, -0.2) is 40.5 Å². The van der Waals surface area contributed by atoms with Crippen molar-refractivity contribution in [2.24, 2.45) is 0 Å². The molecule has 5 heteroatoms. The van der Waals surface area contributed by atoms with E-state index in [1.165, 1.54) is 17.5 Å². The molecule has 0 spiro atoms. The van der Waals surface area contributed by atoms with Crippen molar-refractivity contribution >= 4 is 0 Å². The highest BCUT2D eigenvalue weighted by Crippen LogP contribution is 2.32. The molecule has 1 unspecified atom stereocenters. The van der Waals surface area contributed by atoms with Gasteiger partial charge in [0.25, 0.3) is 0 Å². The second-order valence-corrected chi connectivity index (χ2v) is 8.17. The third-order valence-corrected chi connectivity index (χ3v) is 5.61. The van der Waals surface area contributed by atoms with Crippen molar-refractivity contribution in [1.29, 1.82) is 0 Å². The van der Waals surface area contributed by atoms with E-state index >= 15 is 0 Å². The van der Waals surface area contributed by atoms with Crippen LogP contribution < -0.4 is 9.47 Å². The van der Waals surface area contributed by atoms with Crippen LogP contribution in [0.15, 0.2) is 54.1 Å². The summed E-state index contributed by atoms with van der Waals surface area (Å²) in [5.41, 5.74) is 4.67. The summed E-state index contributed by atoms with van der Waals surface area (Å²) >= 11 is 0. The van der Waals surface area contributed by atoms with Gasteiger partial charge in [-0.05, 0) is 68.7 Å². The summed E-state index contributed by atoms with van der Waals surface area (Å²) < 4.78 is 28.4. The van der Waals surface area contributed by atoms with E-state index in [1.54, 1.807) is 14.2 Å². The summed E-state index contributed by atoms with van der Waals surface area (Å²) in [5.74, 6) is 1.64. The molecule has 0 aliphatic carbocycles. The standard InChI is InChI=1S/C27H36O5/c1-21(19-31-27-11-7-8-16-30-27)12-15-24-25(29-3)17-23(18-26(24)32-20-28-2)14-13-22-9-5-4-6-10-22/h4-6,9-10,12,17-18,27H,7-8,11,13-16,19-20H2,1-3H3/b21-12-. The molecule has 1 heterocycles. The Balaban J connectivity index is 1.69. The number of hydrogen-bond acceptors (Lipinski definition) is 5. The number of hydrogen-bond donors (Lipinski definition) is 0. The molecule has 1 atom stereocenters. The maximum absolute atomic E-state index is 5.93. The summed E-state index contributed by atoms with van der Waals surface area (Å²) in [6.07, 6.45) is 7.93. The van der Waals surface area contributed by atoms with Gasteiger partial charge >= 0.3 is 0 Å². The molecular weight excluding hydrogens is 404 g/mol. The number of rotatable bonds is 12. The Hall–Kier alpha value is -2.34. The number of methoxy groups -OCH3 is 2. The van der Waals surface area contributed by atoms with Gasteiger partial charge < -0.3 is 23.7 Å². The number of ether oxygens (including phenoxy) is 5. The normalized spacial score (nSPS) is 16.7. The maximum Gasteiger partial charge on any atom is 0.188 e. The van der Waals surface area contributed by atoms with Gasteiger partial charge in [0.15, 0.2) is 13.1 Å². The van der Waals surface area contributed by atoms with Crippen molar-refractivity contribution in [3.05, 3.63) is 70.8 Å². The van der Waals surface area contributed by atoms with Crippen LogP contribution in [0.1, 0.15) is 42.9 Å². The van der Waals surface area contributed by atoms with Gasteiger partial charge in [0.05, 0.1) is 13.7 Å². The smallest absolute Gasteiger partial charge is 0.188 e. The Morgan fingerprint density at radius 1 is 1.03 bits per heavy atom. The van der Waals surface area contributed by atoms with Crippen LogP contribution in [0.25, 0.3) is 0 Å². The summed E-state index contributed by atoms with van der Waals surface area (Å²) in [4.78, 5) is 0. The average molecular weight is 441 g/mol. The van der Waals surface area contributed by atoms with E-state index in [1.807, 2.05) is 6.07 Å². The van der Waals surface area contributed by atoms with Crippen molar-refractivity contribution in [3.63, 3.8) is 0 Å². The largest absolute Gasteiger partial charge is 0.496 e. The van der Waals surface area contributed by atoms with Crippen molar-refractivity contribution in [1.82, 2.24) is 0 Å². The van der Waals surface area contributed by atoms with Crippen LogP contribution in [0.5, 0.6) is 11.5 Å². The Labute approximate surface area is 192 Å². The van der Waals surface area contributed by atoms with Crippen LogP contribution in [0.4, 0.5) is 0 Å². The van der Waals surface area contributed by atoms with Gasteiger partial charge in [-0.3, -0.25) is 0 Å². The van der Waals surface area contributed by atoms with Crippen LogP contribution in [0.2, 0.25) is 0 Å². The highest BCUT2D eigenvalue weighted by Gasteiger charge is 2.15. The molecule has 174 valence electrons. The topological polar surface area (TPSA) is 46.2 Å². The molecule has 32 heavy (non-hydrogen) atoms. The first-order valence-electron chi connectivity index (χ1n) is 11.4. The zero-order valence-electron chi connectivity index (χ0n) is 19.6. The minimum Gasteiger partial charge on any atom is -0.496 e. The first-order chi connectivity index (χ1) is 15.7. The minimum atomic E-state index is -0.0777. The van der Waals surface area contributed by atoms with Gasteiger partial charge in [-0.25, -0.2) is 0 Å². The lowest BCUT2D eigenvalue weighted by Crippen LogP contribution is -2.22. The molecule has 3 rings (SSSR count). The fraction of sp³-hybridized carbons (Fsp3) is 0.481. The molecule has 0 radical (unpaired) electrons. The summed E-state index contributed by atoms with van der Waals surface area (Å²) in [6.45, 7) is 3.64. The van der Waals surface area contributed by atoms with Gasteiger partial charge in [-0.2, -0.15) is 0 Å². The monoisotopic (exact) mass is 440 g/mol. The van der Waals surface area contributed by atoms with Crippen LogP contribution in [0, 0.1) is 0 Å². The highest BCUT2D eigenvalue weighted by atomic mass is 16.7. The van der Waals surface area contributed by atoms with E-state index < -0.39 is 0 Å². The highest BCUT2D eigenvalue weighted by molar-refractivity contribution is 5.49. The average Bonchev–Trinajstić information content (AvgIpc) is 2.85. The second kappa shape index (κ2) is 13.3. The van der Waals surface area contributed by atoms with E-state index in [9.17, 15) is 0 Å². The van der Waals surface area contributed by atoms with Gasteiger partial charge in [-0.15, -0.1) is 0 Å². The molecule has 0 aromatic heterocycles. The fourth-order valence-corrected chi connectivity index (χ4v) is 3.79. The summed E-state index contributed by atoms with van der Waals surface area (Å²) in [7, 11) is 3.34. The van der Waals surface area contributed by atoms with Gasteiger partial charge in [0.2, 0.25) is 0 Å². The number of benzene rings is 2. The molecule has 2 aromatic carbocycles. The molecule has 1 fully saturated rings. The molecule has 2 aromatic rings. The van der Waals surface area contributed by atoms with Gasteiger partial charge in [0.1, 0.15) is 11.5 Å². The molecule has 1 saturated heterocycles. The molecule has 0 N–H and O–H groups in total. The van der Waals surface area contributed by atoms with Crippen molar-refractivity contribution in [2.75, 3.05) is 34.2 Å². The molecule has 1 aliphatic rings. The lowest BCUT2D eigenvalue weighted by atomic mass is 10.00. The van der Waals surface area contributed by atoms with Gasteiger partial charge in [0, 0.05) is 19.3 Å². The number of aryl methyl sites for hydroxylation is 2. The van der Waals surface area contributed by atoms with E-state index in [0.717, 1.165) is 54.9 Å². The van der Waals surface area contributed by atoms with Crippen LogP contribution >= 0.6 is 0 Å². The Bertz CT molecular complexity index is 841. The summed E-state index contributed by atoms with van der Waals surface area (Å²) in [6, 6.07) is 14.7. The molecule has 0 saturated carbocycles. The SMILES string of the molecule is COCOc1cc(CCc2ccccc2)cc(OC)c1C/C=C(/C)COC1CCCCO1. The third kappa shape index (κ3) is 7.66. The van der Waals surface area contributed by atoms with Crippen LogP contribution in [-0.2, 0) is 33.5 Å². The molecule has 5 nitrogen and oxygen atoms in total. The fourth-order valence-electron chi connectivity index (χ4n) is 3.79. The van der Waals surface area contributed by atoms with Crippen molar-refractivity contribution in [2.45, 2.75) is 51.7 Å².